The Morgan fingerprint density at radius 2 is 2.17 bits per heavy atom. The van der Waals surface area contributed by atoms with Crippen molar-refractivity contribution in [2.45, 2.75) is 45.4 Å². The summed E-state index contributed by atoms with van der Waals surface area (Å²) < 4.78 is 5.92. The molecule has 1 aromatic rings. The number of fused-ring (bicyclic) bond motifs is 1. The van der Waals surface area contributed by atoms with Crippen molar-refractivity contribution in [2.24, 2.45) is 11.3 Å². The van der Waals surface area contributed by atoms with Crippen LogP contribution in [-0.2, 0) is 11.3 Å². The fraction of sp³-hybridized carbons (Fsp3) is 0.667. The monoisotopic (exact) mass is 246 g/mol. The summed E-state index contributed by atoms with van der Waals surface area (Å²) in [5.41, 5.74) is 1.57. The van der Waals surface area contributed by atoms with E-state index in [1.165, 1.54) is 18.4 Å². The molecule has 1 aliphatic heterocycles. The molecule has 3 unspecified atom stereocenters. The van der Waals surface area contributed by atoms with E-state index < -0.39 is 0 Å². The van der Waals surface area contributed by atoms with E-state index in [2.05, 4.69) is 36.3 Å². The number of nitrogens with zero attached hydrogens (tertiary/aromatic N) is 1. The SMILES string of the molecule is CC1(C)C(NCc2ccncc2)C2CCCOC21. The highest BCUT2D eigenvalue weighted by atomic mass is 16.5. The van der Waals surface area contributed by atoms with Gasteiger partial charge in [0, 0.05) is 42.9 Å². The topological polar surface area (TPSA) is 34.2 Å². The van der Waals surface area contributed by atoms with Crippen molar-refractivity contribution < 1.29 is 4.74 Å². The number of aromatic nitrogens is 1. The summed E-state index contributed by atoms with van der Waals surface area (Å²) in [4.78, 5) is 4.05. The third-order valence-electron chi connectivity index (χ3n) is 4.61. The lowest BCUT2D eigenvalue weighted by Crippen LogP contribution is -2.69. The third kappa shape index (κ3) is 1.95. The Balaban J connectivity index is 1.62. The molecule has 3 rings (SSSR count). The standard InChI is InChI=1S/C15H22N2O/c1-15(2)13(12-4-3-9-18-14(12)15)17-10-11-5-7-16-8-6-11/h5-8,12-14,17H,3-4,9-10H2,1-2H3. The molecule has 2 aliphatic rings. The molecule has 1 saturated heterocycles. The lowest BCUT2D eigenvalue weighted by atomic mass is 9.55. The van der Waals surface area contributed by atoms with Crippen molar-refractivity contribution in [3.8, 4) is 0 Å². The van der Waals surface area contributed by atoms with E-state index in [1.54, 1.807) is 0 Å². The minimum Gasteiger partial charge on any atom is -0.377 e. The van der Waals surface area contributed by atoms with E-state index in [0.717, 1.165) is 13.2 Å². The predicted octanol–water partition coefficient (Wildman–Crippen LogP) is 2.37. The van der Waals surface area contributed by atoms with Crippen molar-refractivity contribution in [1.82, 2.24) is 10.3 Å². The van der Waals surface area contributed by atoms with Crippen LogP contribution in [0.2, 0.25) is 0 Å². The largest absolute Gasteiger partial charge is 0.377 e. The average Bonchev–Trinajstić information content (AvgIpc) is 2.40. The van der Waals surface area contributed by atoms with Gasteiger partial charge >= 0.3 is 0 Å². The number of nitrogens with one attached hydrogen (secondary N) is 1. The molecule has 3 nitrogen and oxygen atoms in total. The molecular formula is C15H22N2O. The van der Waals surface area contributed by atoms with E-state index in [4.69, 9.17) is 4.74 Å². The summed E-state index contributed by atoms with van der Waals surface area (Å²) in [5, 5.41) is 3.72. The first-order chi connectivity index (χ1) is 8.69. The van der Waals surface area contributed by atoms with Gasteiger partial charge in [0.05, 0.1) is 6.10 Å². The Morgan fingerprint density at radius 1 is 1.39 bits per heavy atom. The Hall–Kier alpha value is -0.930. The van der Waals surface area contributed by atoms with Crippen LogP contribution < -0.4 is 5.32 Å². The van der Waals surface area contributed by atoms with Crippen molar-refractivity contribution in [3.63, 3.8) is 0 Å². The molecule has 2 fully saturated rings. The lowest BCUT2D eigenvalue weighted by Gasteiger charge is -2.60. The van der Waals surface area contributed by atoms with Crippen molar-refractivity contribution in [1.29, 1.82) is 0 Å². The zero-order valence-corrected chi connectivity index (χ0v) is 11.2. The smallest absolute Gasteiger partial charge is 0.0684 e. The highest BCUT2D eigenvalue weighted by Gasteiger charge is 2.57. The summed E-state index contributed by atoms with van der Waals surface area (Å²) in [7, 11) is 0. The quantitative estimate of drug-likeness (QED) is 0.889. The van der Waals surface area contributed by atoms with E-state index in [0.29, 0.717) is 18.1 Å². The minimum absolute atomic E-state index is 0.262. The molecule has 18 heavy (non-hydrogen) atoms. The second-order valence-electron chi connectivity index (χ2n) is 6.13. The first-order valence-electron chi connectivity index (χ1n) is 6.93. The van der Waals surface area contributed by atoms with Gasteiger partial charge in [-0.25, -0.2) is 0 Å². The van der Waals surface area contributed by atoms with Crippen molar-refractivity contribution in [2.75, 3.05) is 6.61 Å². The minimum atomic E-state index is 0.262. The van der Waals surface area contributed by atoms with Gasteiger partial charge in [-0.15, -0.1) is 0 Å². The van der Waals surface area contributed by atoms with Crippen LogP contribution in [0.25, 0.3) is 0 Å². The number of rotatable bonds is 3. The highest BCUT2D eigenvalue weighted by Crippen LogP contribution is 2.51. The second-order valence-corrected chi connectivity index (χ2v) is 6.13. The van der Waals surface area contributed by atoms with E-state index in [-0.39, 0.29) is 5.41 Å². The van der Waals surface area contributed by atoms with Crippen LogP contribution >= 0.6 is 0 Å². The molecule has 98 valence electrons. The summed E-state index contributed by atoms with van der Waals surface area (Å²) in [6.07, 6.45) is 6.69. The second kappa shape index (κ2) is 4.63. The van der Waals surface area contributed by atoms with Crippen molar-refractivity contribution >= 4 is 0 Å². The fourth-order valence-electron chi connectivity index (χ4n) is 3.67. The maximum atomic E-state index is 5.92. The number of hydrogen-bond donors (Lipinski definition) is 1. The number of hydrogen-bond acceptors (Lipinski definition) is 3. The Morgan fingerprint density at radius 3 is 2.94 bits per heavy atom. The summed E-state index contributed by atoms with van der Waals surface area (Å²) >= 11 is 0. The Kier molecular flexibility index (Phi) is 3.12. The first-order valence-corrected chi connectivity index (χ1v) is 6.93. The van der Waals surface area contributed by atoms with Crippen LogP contribution in [0, 0.1) is 11.3 Å². The molecule has 0 amide bonds. The van der Waals surface area contributed by atoms with Crippen LogP contribution in [0.5, 0.6) is 0 Å². The van der Waals surface area contributed by atoms with E-state index >= 15 is 0 Å². The molecule has 2 heterocycles. The van der Waals surface area contributed by atoms with Gasteiger partial charge in [0.25, 0.3) is 0 Å². The summed E-state index contributed by atoms with van der Waals surface area (Å²) in [6, 6.07) is 4.73. The van der Waals surface area contributed by atoms with Crippen LogP contribution in [-0.4, -0.2) is 23.7 Å². The molecule has 1 N–H and O–H groups in total. The fourth-order valence-corrected chi connectivity index (χ4v) is 3.67. The van der Waals surface area contributed by atoms with Gasteiger partial charge < -0.3 is 10.1 Å². The van der Waals surface area contributed by atoms with Crippen LogP contribution in [0.3, 0.4) is 0 Å². The first kappa shape index (κ1) is 12.1. The molecule has 3 heteroatoms. The normalized spacial score (nSPS) is 33.6. The van der Waals surface area contributed by atoms with E-state index in [9.17, 15) is 0 Å². The predicted molar refractivity (Wildman–Crippen MR) is 71.1 cm³/mol. The Bertz CT molecular complexity index is 404. The zero-order chi connectivity index (χ0) is 12.6. The van der Waals surface area contributed by atoms with E-state index in [1.807, 2.05) is 12.4 Å². The number of ether oxygens (including phenoxy) is 1. The van der Waals surface area contributed by atoms with Gasteiger partial charge in [-0.2, -0.15) is 0 Å². The average molecular weight is 246 g/mol. The van der Waals surface area contributed by atoms with Gasteiger partial charge in [0.2, 0.25) is 0 Å². The molecule has 0 bridgehead atoms. The highest BCUT2D eigenvalue weighted by molar-refractivity contribution is 5.13. The van der Waals surface area contributed by atoms with Crippen LogP contribution in [0.4, 0.5) is 0 Å². The molecule has 0 radical (unpaired) electrons. The van der Waals surface area contributed by atoms with Crippen LogP contribution in [0.1, 0.15) is 32.3 Å². The molecule has 0 spiro atoms. The lowest BCUT2D eigenvalue weighted by molar-refractivity contribution is -0.192. The third-order valence-corrected chi connectivity index (χ3v) is 4.61. The van der Waals surface area contributed by atoms with Crippen molar-refractivity contribution in [3.05, 3.63) is 30.1 Å². The maximum Gasteiger partial charge on any atom is 0.0684 e. The van der Waals surface area contributed by atoms with Gasteiger partial charge in [-0.05, 0) is 30.5 Å². The molecule has 0 aromatic carbocycles. The Labute approximate surface area is 109 Å². The van der Waals surface area contributed by atoms with Gasteiger partial charge in [-0.3, -0.25) is 4.98 Å². The molecule has 1 aliphatic carbocycles. The summed E-state index contributed by atoms with van der Waals surface area (Å²) in [5.74, 6) is 0.704. The summed E-state index contributed by atoms with van der Waals surface area (Å²) in [6.45, 7) is 6.52. The van der Waals surface area contributed by atoms with Crippen LogP contribution in [0.15, 0.2) is 24.5 Å². The zero-order valence-electron chi connectivity index (χ0n) is 11.2. The molecular weight excluding hydrogens is 224 g/mol. The van der Waals surface area contributed by atoms with Gasteiger partial charge in [0.15, 0.2) is 0 Å². The van der Waals surface area contributed by atoms with Gasteiger partial charge in [0.1, 0.15) is 0 Å². The molecule has 3 atom stereocenters. The molecule has 1 aromatic heterocycles. The molecule has 1 saturated carbocycles. The van der Waals surface area contributed by atoms with Gasteiger partial charge in [-0.1, -0.05) is 13.8 Å². The maximum absolute atomic E-state index is 5.92. The number of pyridine rings is 1.